The highest BCUT2D eigenvalue weighted by molar-refractivity contribution is 5.81. The van der Waals surface area contributed by atoms with Crippen LogP contribution in [-0.4, -0.2) is 24.5 Å². The molecule has 1 fully saturated rings. The maximum Gasteiger partial charge on any atom is 0.237 e. The van der Waals surface area contributed by atoms with Crippen LogP contribution in [0.1, 0.15) is 44.6 Å². The van der Waals surface area contributed by atoms with Gasteiger partial charge in [0.1, 0.15) is 0 Å². The van der Waals surface area contributed by atoms with Crippen LogP contribution < -0.4 is 10.6 Å². The zero-order chi connectivity index (χ0) is 13.7. The molecule has 0 spiro atoms. The molecule has 2 N–H and O–H groups in total. The van der Waals surface area contributed by atoms with Gasteiger partial charge in [-0.2, -0.15) is 0 Å². The monoisotopic (exact) mass is 260 g/mol. The molecule has 2 unspecified atom stereocenters. The van der Waals surface area contributed by atoms with E-state index in [1.165, 1.54) is 5.56 Å². The summed E-state index contributed by atoms with van der Waals surface area (Å²) < 4.78 is 0. The fraction of sp³-hybridized carbons (Fsp3) is 0.562. The molecule has 0 radical (unpaired) electrons. The second-order valence-electron chi connectivity index (χ2n) is 5.56. The fourth-order valence-electron chi connectivity index (χ4n) is 2.11. The Balaban J connectivity index is 1.66. The number of hydrogen-bond donors (Lipinski definition) is 2. The lowest BCUT2D eigenvalue weighted by Crippen LogP contribution is -2.43. The summed E-state index contributed by atoms with van der Waals surface area (Å²) in [6.07, 6.45) is 3.33. The normalized spacial score (nSPS) is 17.8. The summed E-state index contributed by atoms with van der Waals surface area (Å²) in [5, 5.41) is 6.33. The molecule has 0 bridgehead atoms. The van der Waals surface area contributed by atoms with Gasteiger partial charge in [0, 0.05) is 6.04 Å². The largest absolute Gasteiger partial charge is 0.352 e. The van der Waals surface area contributed by atoms with Gasteiger partial charge in [-0.05, 0) is 44.2 Å². The second-order valence-corrected chi connectivity index (χ2v) is 5.56. The first-order valence-corrected chi connectivity index (χ1v) is 7.25. The van der Waals surface area contributed by atoms with Gasteiger partial charge in [-0.3, -0.25) is 4.79 Å². The highest BCUT2D eigenvalue weighted by atomic mass is 16.2. The molecule has 1 amide bonds. The van der Waals surface area contributed by atoms with E-state index in [4.69, 9.17) is 0 Å². The Morgan fingerprint density at radius 1 is 1.26 bits per heavy atom. The van der Waals surface area contributed by atoms with Crippen LogP contribution in [0.2, 0.25) is 0 Å². The number of rotatable bonds is 7. The summed E-state index contributed by atoms with van der Waals surface area (Å²) in [6.45, 7) is 5.03. The van der Waals surface area contributed by atoms with E-state index in [-0.39, 0.29) is 11.9 Å². The van der Waals surface area contributed by atoms with Crippen molar-refractivity contribution in [3.05, 3.63) is 35.9 Å². The van der Waals surface area contributed by atoms with Crippen molar-refractivity contribution in [3.63, 3.8) is 0 Å². The van der Waals surface area contributed by atoms with Gasteiger partial charge < -0.3 is 10.6 Å². The third-order valence-corrected chi connectivity index (χ3v) is 3.71. The maximum atomic E-state index is 11.8. The number of nitrogens with one attached hydrogen (secondary N) is 2. The molecule has 3 heteroatoms. The van der Waals surface area contributed by atoms with Gasteiger partial charge in [0.2, 0.25) is 5.91 Å². The average Bonchev–Trinajstić information content (AvgIpc) is 3.23. The van der Waals surface area contributed by atoms with Crippen molar-refractivity contribution in [1.82, 2.24) is 10.6 Å². The van der Waals surface area contributed by atoms with E-state index in [9.17, 15) is 4.79 Å². The van der Waals surface area contributed by atoms with Crippen LogP contribution in [0.4, 0.5) is 0 Å². The van der Waals surface area contributed by atoms with Crippen molar-refractivity contribution >= 4 is 5.91 Å². The first kappa shape index (κ1) is 14.1. The van der Waals surface area contributed by atoms with Crippen molar-refractivity contribution in [3.8, 4) is 0 Å². The second kappa shape index (κ2) is 6.71. The molecule has 0 heterocycles. The summed E-state index contributed by atoms with van der Waals surface area (Å²) in [6, 6.07) is 10.9. The Labute approximate surface area is 115 Å². The molecular formula is C16H24N2O. The van der Waals surface area contributed by atoms with E-state index in [2.05, 4.69) is 41.8 Å². The van der Waals surface area contributed by atoms with Gasteiger partial charge in [0.15, 0.2) is 0 Å². The summed E-state index contributed by atoms with van der Waals surface area (Å²) in [7, 11) is 0. The van der Waals surface area contributed by atoms with E-state index in [0.717, 1.165) is 25.8 Å². The van der Waals surface area contributed by atoms with E-state index in [1.54, 1.807) is 0 Å². The van der Waals surface area contributed by atoms with Gasteiger partial charge in [-0.1, -0.05) is 37.3 Å². The van der Waals surface area contributed by atoms with Gasteiger partial charge in [0.05, 0.1) is 6.04 Å². The zero-order valence-corrected chi connectivity index (χ0v) is 11.9. The minimum atomic E-state index is -0.0939. The Kier molecular flexibility index (Phi) is 4.97. The van der Waals surface area contributed by atoms with Crippen molar-refractivity contribution < 1.29 is 4.79 Å². The lowest BCUT2D eigenvalue weighted by atomic mass is 9.98. The summed E-state index contributed by atoms with van der Waals surface area (Å²) in [5.41, 5.74) is 1.36. The fourth-order valence-corrected chi connectivity index (χ4v) is 2.11. The van der Waals surface area contributed by atoms with Crippen molar-refractivity contribution in [1.29, 1.82) is 0 Å². The SMILES string of the molecule is CC(NCCC(C)c1ccccc1)C(=O)NC1CC1. The van der Waals surface area contributed by atoms with Crippen LogP contribution in [0.3, 0.4) is 0 Å². The van der Waals surface area contributed by atoms with Crippen LogP contribution in [0.25, 0.3) is 0 Å². The molecule has 1 aliphatic carbocycles. The van der Waals surface area contributed by atoms with Crippen molar-refractivity contribution in [2.24, 2.45) is 0 Å². The Morgan fingerprint density at radius 2 is 1.95 bits per heavy atom. The molecule has 0 saturated heterocycles. The molecule has 0 aliphatic heterocycles. The Bertz CT molecular complexity index is 400. The number of benzene rings is 1. The molecule has 19 heavy (non-hydrogen) atoms. The average molecular weight is 260 g/mol. The van der Waals surface area contributed by atoms with Crippen molar-refractivity contribution in [2.45, 2.75) is 51.1 Å². The van der Waals surface area contributed by atoms with Crippen LogP contribution >= 0.6 is 0 Å². The molecule has 1 aliphatic rings. The molecule has 104 valence electrons. The smallest absolute Gasteiger partial charge is 0.237 e. The third kappa shape index (κ3) is 4.67. The van der Waals surface area contributed by atoms with Gasteiger partial charge in [-0.15, -0.1) is 0 Å². The number of hydrogen-bond acceptors (Lipinski definition) is 2. The minimum Gasteiger partial charge on any atom is -0.352 e. The maximum absolute atomic E-state index is 11.8. The van der Waals surface area contributed by atoms with Crippen LogP contribution in [0.5, 0.6) is 0 Å². The Morgan fingerprint density at radius 3 is 2.58 bits per heavy atom. The van der Waals surface area contributed by atoms with Crippen LogP contribution in [-0.2, 0) is 4.79 Å². The summed E-state index contributed by atoms with van der Waals surface area (Å²) in [5.74, 6) is 0.655. The molecule has 1 saturated carbocycles. The van der Waals surface area contributed by atoms with E-state index >= 15 is 0 Å². The van der Waals surface area contributed by atoms with E-state index in [0.29, 0.717) is 12.0 Å². The minimum absolute atomic E-state index is 0.0939. The number of amides is 1. The van der Waals surface area contributed by atoms with Gasteiger partial charge in [-0.25, -0.2) is 0 Å². The molecule has 1 aromatic carbocycles. The Hall–Kier alpha value is -1.35. The summed E-state index contributed by atoms with van der Waals surface area (Å²) >= 11 is 0. The van der Waals surface area contributed by atoms with Gasteiger partial charge in [0.25, 0.3) is 0 Å². The van der Waals surface area contributed by atoms with Gasteiger partial charge >= 0.3 is 0 Å². The molecule has 0 aromatic heterocycles. The zero-order valence-electron chi connectivity index (χ0n) is 11.9. The van der Waals surface area contributed by atoms with Crippen LogP contribution in [0.15, 0.2) is 30.3 Å². The number of carbonyl (C=O) groups excluding carboxylic acids is 1. The first-order valence-electron chi connectivity index (χ1n) is 7.25. The highest BCUT2D eigenvalue weighted by Crippen LogP contribution is 2.19. The predicted octanol–water partition coefficient (Wildman–Crippen LogP) is 2.44. The predicted molar refractivity (Wildman–Crippen MR) is 78.1 cm³/mol. The van der Waals surface area contributed by atoms with E-state index < -0.39 is 0 Å². The van der Waals surface area contributed by atoms with Crippen LogP contribution in [0, 0.1) is 0 Å². The standard InChI is InChI=1S/C16H24N2O/c1-12(14-6-4-3-5-7-14)10-11-17-13(2)16(19)18-15-8-9-15/h3-7,12-13,15,17H,8-11H2,1-2H3,(H,18,19). The molecular weight excluding hydrogens is 236 g/mol. The lowest BCUT2D eigenvalue weighted by Gasteiger charge is -2.16. The highest BCUT2D eigenvalue weighted by Gasteiger charge is 2.25. The van der Waals surface area contributed by atoms with E-state index in [1.807, 2.05) is 13.0 Å². The molecule has 2 rings (SSSR count). The lowest BCUT2D eigenvalue weighted by molar-refractivity contribution is -0.122. The molecule has 1 aromatic rings. The van der Waals surface area contributed by atoms with Crippen molar-refractivity contribution in [2.75, 3.05) is 6.54 Å². The quantitative estimate of drug-likeness (QED) is 0.790. The number of carbonyl (C=O) groups is 1. The summed E-state index contributed by atoms with van der Waals surface area (Å²) in [4.78, 5) is 11.8. The molecule has 3 nitrogen and oxygen atoms in total. The first-order chi connectivity index (χ1) is 9.16. The topological polar surface area (TPSA) is 41.1 Å². The molecule has 2 atom stereocenters. The third-order valence-electron chi connectivity index (χ3n) is 3.71.